The van der Waals surface area contributed by atoms with Crippen LogP contribution in [0.25, 0.3) is 0 Å². The average molecular weight is 313 g/mol. The van der Waals surface area contributed by atoms with Gasteiger partial charge in [-0.2, -0.15) is 0 Å². The topological polar surface area (TPSA) is 50.4 Å². The normalized spacial score (nSPS) is 18.8. The lowest BCUT2D eigenvalue weighted by molar-refractivity contribution is -0.120. The van der Waals surface area contributed by atoms with Crippen LogP contribution in [-0.4, -0.2) is 38.3 Å². The molecule has 0 spiro atoms. The number of hydrogen-bond donors (Lipinski definition) is 2. The molecule has 1 aliphatic rings. The molecule has 4 nitrogen and oxygen atoms in total. The summed E-state index contributed by atoms with van der Waals surface area (Å²) in [6, 6.07) is 10.2. The van der Waals surface area contributed by atoms with Crippen molar-refractivity contribution < 1.29 is 9.53 Å². The van der Waals surface area contributed by atoms with Crippen molar-refractivity contribution in [2.24, 2.45) is 0 Å². The van der Waals surface area contributed by atoms with Crippen LogP contribution in [0.3, 0.4) is 0 Å². The van der Waals surface area contributed by atoms with Crippen molar-refractivity contribution >= 4 is 18.3 Å². The Morgan fingerprint density at radius 3 is 2.81 bits per heavy atom. The lowest BCUT2D eigenvalue weighted by Gasteiger charge is -2.14. The molecule has 0 bridgehead atoms. The van der Waals surface area contributed by atoms with Gasteiger partial charge in [0, 0.05) is 19.7 Å². The van der Waals surface area contributed by atoms with E-state index in [1.165, 1.54) is 5.56 Å². The van der Waals surface area contributed by atoms with Gasteiger partial charge in [0.05, 0.1) is 12.6 Å². The summed E-state index contributed by atoms with van der Waals surface area (Å²) in [4.78, 5) is 11.7. The number of ether oxygens (including phenoxy) is 1. The molecule has 0 aromatic heterocycles. The maximum Gasteiger partial charge on any atom is 0.233 e. The Hall–Kier alpha value is -1.10. The van der Waals surface area contributed by atoms with Crippen LogP contribution in [0, 0.1) is 0 Å². The summed E-state index contributed by atoms with van der Waals surface area (Å²) >= 11 is 0. The minimum Gasteiger partial charge on any atom is -0.377 e. The summed E-state index contributed by atoms with van der Waals surface area (Å²) in [6.45, 7) is 4.77. The smallest absolute Gasteiger partial charge is 0.233 e. The molecule has 2 unspecified atom stereocenters. The number of amides is 1. The molecular weight excluding hydrogens is 288 g/mol. The molecule has 1 aromatic carbocycles. The SMILES string of the molecule is CC(CNC(=O)CNCC1CCCO1)c1ccccc1.Cl. The van der Waals surface area contributed by atoms with Gasteiger partial charge in [-0.1, -0.05) is 37.3 Å². The van der Waals surface area contributed by atoms with Crippen LogP contribution in [0.15, 0.2) is 30.3 Å². The van der Waals surface area contributed by atoms with E-state index in [-0.39, 0.29) is 24.4 Å². The van der Waals surface area contributed by atoms with Crippen LogP contribution in [0.4, 0.5) is 0 Å². The maximum atomic E-state index is 11.7. The summed E-state index contributed by atoms with van der Waals surface area (Å²) in [5.41, 5.74) is 1.25. The Balaban J connectivity index is 0.00000220. The van der Waals surface area contributed by atoms with Crippen LogP contribution < -0.4 is 10.6 Å². The molecule has 1 aromatic rings. The number of carbonyl (C=O) groups excluding carboxylic acids is 1. The lowest BCUT2D eigenvalue weighted by Crippen LogP contribution is -2.38. The van der Waals surface area contributed by atoms with Gasteiger partial charge in [0.25, 0.3) is 0 Å². The molecule has 1 saturated heterocycles. The van der Waals surface area contributed by atoms with E-state index in [0.29, 0.717) is 19.0 Å². The van der Waals surface area contributed by atoms with E-state index in [1.807, 2.05) is 18.2 Å². The quantitative estimate of drug-likeness (QED) is 0.810. The first-order chi connectivity index (χ1) is 9.75. The monoisotopic (exact) mass is 312 g/mol. The molecule has 5 heteroatoms. The number of halogens is 1. The van der Waals surface area contributed by atoms with E-state index in [0.717, 1.165) is 26.0 Å². The highest BCUT2D eigenvalue weighted by atomic mass is 35.5. The van der Waals surface area contributed by atoms with E-state index in [1.54, 1.807) is 0 Å². The van der Waals surface area contributed by atoms with Gasteiger partial charge in [-0.05, 0) is 24.3 Å². The highest BCUT2D eigenvalue weighted by molar-refractivity contribution is 5.85. The summed E-state index contributed by atoms with van der Waals surface area (Å²) in [5.74, 6) is 0.379. The Kier molecular flexibility index (Phi) is 8.35. The summed E-state index contributed by atoms with van der Waals surface area (Å²) in [7, 11) is 0. The van der Waals surface area contributed by atoms with Gasteiger partial charge >= 0.3 is 0 Å². The van der Waals surface area contributed by atoms with Crippen molar-refractivity contribution in [1.29, 1.82) is 0 Å². The van der Waals surface area contributed by atoms with Crippen LogP contribution in [0.2, 0.25) is 0 Å². The lowest BCUT2D eigenvalue weighted by atomic mass is 10.0. The van der Waals surface area contributed by atoms with E-state index < -0.39 is 0 Å². The molecule has 2 atom stereocenters. The van der Waals surface area contributed by atoms with E-state index >= 15 is 0 Å². The van der Waals surface area contributed by atoms with Crippen LogP contribution in [0.5, 0.6) is 0 Å². The Labute approximate surface area is 133 Å². The molecule has 2 N–H and O–H groups in total. The first-order valence-electron chi connectivity index (χ1n) is 7.39. The second kappa shape index (κ2) is 9.77. The van der Waals surface area contributed by atoms with E-state index in [4.69, 9.17) is 4.74 Å². The van der Waals surface area contributed by atoms with Crippen LogP contribution in [-0.2, 0) is 9.53 Å². The largest absolute Gasteiger partial charge is 0.377 e. The van der Waals surface area contributed by atoms with Crippen molar-refractivity contribution in [2.75, 3.05) is 26.2 Å². The molecule has 118 valence electrons. The molecular formula is C16H25ClN2O2. The zero-order valence-electron chi connectivity index (χ0n) is 12.5. The van der Waals surface area contributed by atoms with Crippen molar-refractivity contribution in [2.45, 2.75) is 31.8 Å². The number of rotatable bonds is 7. The summed E-state index contributed by atoms with van der Waals surface area (Å²) in [6.07, 6.45) is 2.51. The number of carbonyl (C=O) groups is 1. The number of nitrogens with one attached hydrogen (secondary N) is 2. The molecule has 1 aliphatic heterocycles. The molecule has 0 aliphatic carbocycles. The molecule has 1 amide bonds. The third-order valence-electron chi connectivity index (χ3n) is 3.66. The van der Waals surface area contributed by atoms with Gasteiger partial charge < -0.3 is 15.4 Å². The Bertz CT molecular complexity index is 408. The fraction of sp³-hybridized carbons (Fsp3) is 0.562. The Morgan fingerprint density at radius 1 is 1.38 bits per heavy atom. The minimum absolute atomic E-state index is 0. The minimum atomic E-state index is 0. The van der Waals surface area contributed by atoms with Gasteiger partial charge in [-0.3, -0.25) is 4.79 Å². The third-order valence-corrected chi connectivity index (χ3v) is 3.66. The molecule has 0 saturated carbocycles. The van der Waals surface area contributed by atoms with Crippen molar-refractivity contribution in [1.82, 2.24) is 10.6 Å². The fourth-order valence-electron chi connectivity index (χ4n) is 2.38. The highest BCUT2D eigenvalue weighted by Crippen LogP contribution is 2.13. The average Bonchev–Trinajstić information content (AvgIpc) is 2.99. The van der Waals surface area contributed by atoms with Crippen molar-refractivity contribution in [3.8, 4) is 0 Å². The molecule has 2 rings (SSSR count). The van der Waals surface area contributed by atoms with E-state index in [2.05, 4.69) is 29.7 Å². The maximum absolute atomic E-state index is 11.7. The Morgan fingerprint density at radius 2 is 2.14 bits per heavy atom. The van der Waals surface area contributed by atoms with Gasteiger partial charge in [0.15, 0.2) is 0 Å². The molecule has 0 radical (unpaired) electrons. The number of benzene rings is 1. The van der Waals surface area contributed by atoms with Gasteiger partial charge in [-0.15, -0.1) is 12.4 Å². The van der Waals surface area contributed by atoms with E-state index in [9.17, 15) is 4.79 Å². The predicted octanol–water partition coefficient (Wildman–Crippen LogP) is 2.10. The van der Waals surface area contributed by atoms with Crippen molar-refractivity contribution in [3.63, 3.8) is 0 Å². The molecule has 21 heavy (non-hydrogen) atoms. The van der Waals surface area contributed by atoms with Crippen LogP contribution >= 0.6 is 12.4 Å². The molecule has 1 heterocycles. The first kappa shape index (κ1) is 18.0. The fourth-order valence-corrected chi connectivity index (χ4v) is 2.38. The van der Waals surface area contributed by atoms with Crippen molar-refractivity contribution in [3.05, 3.63) is 35.9 Å². The van der Waals surface area contributed by atoms with Crippen LogP contribution in [0.1, 0.15) is 31.2 Å². The second-order valence-electron chi connectivity index (χ2n) is 5.38. The van der Waals surface area contributed by atoms with Gasteiger partial charge in [0.1, 0.15) is 0 Å². The van der Waals surface area contributed by atoms with Gasteiger partial charge in [0.2, 0.25) is 5.91 Å². The highest BCUT2D eigenvalue weighted by Gasteiger charge is 2.15. The summed E-state index contributed by atoms with van der Waals surface area (Å²) in [5, 5.41) is 6.12. The second-order valence-corrected chi connectivity index (χ2v) is 5.38. The zero-order valence-corrected chi connectivity index (χ0v) is 13.3. The third kappa shape index (κ3) is 6.46. The standard InChI is InChI=1S/C16H24N2O2.ClH/c1-13(14-6-3-2-4-7-14)10-18-16(19)12-17-11-15-8-5-9-20-15;/h2-4,6-7,13,15,17H,5,8-12H2,1H3,(H,18,19);1H. The predicted molar refractivity (Wildman–Crippen MR) is 87.0 cm³/mol. The molecule has 1 fully saturated rings. The van der Waals surface area contributed by atoms with Gasteiger partial charge in [-0.25, -0.2) is 0 Å². The zero-order chi connectivity index (χ0) is 14.2. The summed E-state index contributed by atoms with van der Waals surface area (Å²) < 4.78 is 5.50. The first-order valence-corrected chi connectivity index (χ1v) is 7.39. The number of hydrogen-bond acceptors (Lipinski definition) is 3.